The second-order valence-electron chi connectivity index (χ2n) is 6.92. The van der Waals surface area contributed by atoms with Gasteiger partial charge in [-0.2, -0.15) is 0 Å². The Kier molecular flexibility index (Phi) is 8.41. The molecule has 1 aliphatic carbocycles. The van der Waals surface area contributed by atoms with Crippen molar-refractivity contribution in [2.24, 2.45) is 10.4 Å². The van der Waals surface area contributed by atoms with E-state index in [1.54, 1.807) is 14.2 Å². The molecule has 0 spiro atoms. The van der Waals surface area contributed by atoms with Crippen molar-refractivity contribution in [2.45, 2.75) is 32.1 Å². The predicted octanol–water partition coefficient (Wildman–Crippen LogP) is 2.18. The Labute approximate surface area is 156 Å². The van der Waals surface area contributed by atoms with Crippen LogP contribution < -0.4 is 16.0 Å². The van der Waals surface area contributed by atoms with Crippen LogP contribution in [0.25, 0.3) is 0 Å². The largest absolute Gasteiger partial charge is 0.385 e. The molecular formula is C20H32N4O2. The first-order chi connectivity index (χ1) is 12.7. The number of guanidine groups is 1. The monoisotopic (exact) mass is 360 g/mol. The average Bonchev–Trinajstić information content (AvgIpc) is 3.15. The molecule has 1 aliphatic rings. The van der Waals surface area contributed by atoms with Crippen molar-refractivity contribution in [3.8, 4) is 0 Å². The predicted molar refractivity (Wildman–Crippen MR) is 106 cm³/mol. The molecule has 6 nitrogen and oxygen atoms in total. The molecule has 0 bridgehead atoms. The topological polar surface area (TPSA) is 74.8 Å². The summed E-state index contributed by atoms with van der Waals surface area (Å²) in [4.78, 5) is 16.3. The number of ether oxygens (including phenoxy) is 1. The van der Waals surface area contributed by atoms with Gasteiger partial charge >= 0.3 is 0 Å². The summed E-state index contributed by atoms with van der Waals surface area (Å²) in [5, 5.41) is 9.63. The molecule has 1 aromatic carbocycles. The zero-order chi connectivity index (χ0) is 18.7. The van der Waals surface area contributed by atoms with Gasteiger partial charge in [0.1, 0.15) is 0 Å². The maximum Gasteiger partial charge on any atom is 0.251 e. The van der Waals surface area contributed by atoms with Crippen LogP contribution in [-0.4, -0.2) is 52.3 Å². The number of hydrogen-bond acceptors (Lipinski definition) is 3. The van der Waals surface area contributed by atoms with Gasteiger partial charge < -0.3 is 20.7 Å². The fourth-order valence-corrected chi connectivity index (χ4v) is 3.50. The minimum absolute atomic E-state index is 0.0557. The van der Waals surface area contributed by atoms with Crippen LogP contribution in [0.5, 0.6) is 0 Å². The van der Waals surface area contributed by atoms with E-state index < -0.39 is 0 Å². The van der Waals surface area contributed by atoms with E-state index in [1.165, 1.54) is 25.7 Å². The lowest BCUT2D eigenvalue weighted by molar-refractivity contribution is 0.0954. The molecule has 6 heteroatoms. The molecule has 0 aromatic heterocycles. The first-order valence-electron chi connectivity index (χ1n) is 9.46. The van der Waals surface area contributed by atoms with Crippen molar-refractivity contribution < 1.29 is 9.53 Å². The van der Waals surface area contributed by atoms with E-state index in [0.717, 1.165) is 25.5 Å². The van der Waals surface area contributed by atoms with Gasteiger partial charge in [-0.15, -0.1) is 0 Å². The van der Waals surface area contributed by atoms with Crippen LogP contribution in [0, 0.1) is 5.41 Å². The zero-order valence-corrected chi connectivity index (χ0v) is 16.0. The molecule has 0 heterocycles. The van der Waals surface area contributed by atoms with Crippen LogP contribution in [-0.2, 0) is 4.74 Å². The summed E-state index contributed by atoms with van der Waals surface area (Å²) in [5.41, 5.74) is 0.992. The van der Waals surface area contributed by atoms with Gasteiger partial charge in [0.05, 0.1) is 0 Å². The summed E-state index contributed by atoms with van der Waals surface area (Å²) < 4.78 is 5.29. The molecule has 0 atom stereocenters. The Bertz CT molecular complexity index is 568. The number of benzene rings is 1. The van der Waals surface area contributed by atoms with Gasteiger partial charge in [-0.25, -0.2) is 0 Å². The van der Waals surface area contributed by atoms with Crippen molar-refractivity contribution in [1.29, 1.82) is 0 Å². The van der Waals surface area contributed by atoms with Crippen molar-refractivity contribution in [1.82, 2.24) is 16.0 Å². The molecule has 1 aromatic rings. The highest BCUT2D eigenvalue weighted by atomic mass is 16.5. The van der Waals surface area contributed by atoms with Crippen molar-refractivity contribution >= 4 is 11.9 Å². The Hall–Kier alpha value is -2.08. The summed E-state index contributed by atoms with van der Waals surface area (Å²) in [6.45, 7) is 2.89. The summed E-state index contributed by atoms with van der Waals surface area (Å²) in [5.74, 6) is 0.725. The lowest BCUT2D eigenvalue weighted by Crippen LogP contribution is -2.45. The SMILES string of the molecule is CN=C(NCCNC(=O)c1ccccc1)NCC1(CCOC)CCCC1. The van der Waals surface area contributed by atoms with Crippen LogP contribution in [0.2, 0.25) is 0 Å². The Balaban J connectivity index is 1.69. The van der Waals surface area contributed by atoms with Crippen LogP contribution >= 0.6 is 0 Å². The summed E-state index contributed by atoms with van der Waals surface area (Å²) in [6, 6.07) is 9.25. The van der Waals surface area contributed by atoms with Crippen molar-refractivity contribution in [3.63, 3.8) is 0 Å². The van der Waals surface area contributed by atoms with Crippen molar-refractivity contribution in [2.75, 3.05) is 40.4 Å². The Morgan fingerprint density at radius 3 is 2.46 bits per heavy atom. The lowest BCUT2D eigenvalue weighted by Gasteiger charge is -2.30. The van der Waals surface area contributed by atoms with Crippen molar-refractivity contribution in [3.05, 3.63) is 35.9 Å². The minimum atomic E-state index is -0.0557. The molecular weight excluding hydrogens is 328 g/mol. The number of nitrogens with one attached hydrogen (secondary N) is 3. The molecule has 2 rings (SSSR count). The number of methoxy groups -OCH3 is 1. The Morgan fingerprint density at radius 1 is 1.12 bits per heavy atom. The molecule has 3 N–H and O–H groups in total. The van der Waals surface area contributed by atoms with Crippen LogP contribution in [0.3, 0.4) is 0 Å². The maximum atomic E-state index is 12.0. The molecule has 144 valence electrons. The quantitative estimate of drug-likeness (QED) is 0.358. The number of carbonyl (C=O) groups is 1. The van der Waals surface area contributed by atoms with Gasteiger partial charge in [0.15, 0.2) is 5.96 Å². The summed E-state index contributed by atoms with van der Waals surface area (Å²) in [7, 11) is 3.54. The van der Waals surface area contributed by atoms with Gasteiger partial charge in [-0.3, -0.25) is 9.79 Å². The van der Waals surface area contributed by atoms with E-state index in [1.807, 2.05) is 30.3 Å². The van der Waals surface area contributed by atoms with E-state index in [9.17, 15) is 4.79 Å². The fraction of sp³-hybridized carbons (Fsp3) is 0.600. The summed E-state index contributed by atoms with van der Waals surface area (Å²) >= 11 is 0. The molecule has 26 heavy (non-hydrogen) atoms. The number of amides is 1. The Morgan fingerprint density at radius 2 is 1.81 bits per heavy atom. The van der Waals surface area contributed by atoms with E-state index in [2.05, 4.69) is 20.9 Å². The van der Waals surface area contributed by atoms with Gasteiger partial charge in [0.25, 0.3) is 5.91 Å². The van der Waals surface area contributed by atoms with E-state index in [4.69, 9.17) is 4.74 Å². The maximum absolute atomic E-state index is 12.0. The van der Waals surface area contributed by atoms with Gasteiger partial charge in [0.2, 0.25) is 0 Å². The number of aliphatic imine (C=N–C) groups is 1. The first kappa shape index (κ1) is 20.2. The molecule has 0 aliphatic heterocycles. The molecule has 0 unspecified atom stereocenters. The number of rotatable bonds is 9. The molecule has 1 saturated carbocycles. The minimum Gasteiger partial charge on any atom is -0.385 e. The molecule has 1 fully saturated rings. The summed E-state index contributed by atoms with van der Waals surface area (Å²) in [6.07, 6.45) is 6.16. The third-order valence-corrected chi connectivity index (χ3v) is 5.09. The number of carbonyl (C=O) groups excluding carboxylic acids is 1. The number of nitrogens with zero attached hydrogens (tertiary/aromatic N) is 1. The van der Waals surface area contributed by atoms with Crippen LogP contribution in [0.15, 0.2) is 35.3 Å². The third kappa shape index (κ3) is 6.33. The smallest absolute Gasteiger partial charge is 0.251 e. The fourth-order valence-electron chi connectivity index (χ4n) is 3.50. The van der Waals surface area contributed by atoms with Gasteiger partial charge in [0, 0.05) is 46.0 Å². The average molecular weight is 361 g/mol. The third-order valence-electron chi connectivity index (χ3n) is 5.09. The highest BCUT2D eigenvalue weighted by molar-refractivity contribution is 5.94. The zero-order valence-electron chi connectivity index (χ0n) is 16.0. The van der Waals surface area contributed by atoms with Crippen LogP contribution in [0.1, 0.15) is 42.5 Å². The molecule has 0 saturated heterocycles. The van der Waals surface area contributed by atoms with Gasteiger partial charge in [-0.05, 0) is 36.8 Å². The van der Waals surface area contributed by atoms with E-state index in [-0.39, 0.29) is 5.91 Å². The van der Waals surface area contributed by atoms with Crippen LogP contribution in [0.4, 0.5) is 0 Å². The highest BCUT2D eigenvalue weighted by Gasteiger charge is 2.33. The standard InChI is InChI=1S/C20H32N4O2/c1-21-19(24-16-20(12-15-26-2)10-6-7-11-20)23-14-13-22-18(25)17-8-4-3-5-9-17/h3-5,8-9H,6-7,10-16H2,1-2H3,(H,22,25)(H2,21,23,24). The second-order valence-corrected chi connectivity index (χ2v) is 6.92. The first-order valence-corrected chi connectivity index (χ1v) is 9.46. The normalized spacial score (nSPS) is 16.3. The molecule has 0 radical (unpaired) electrons. The van der Waals surface area contributed by atoms with E-state index >= 15 is 0 Å². The van der Waals surface area contributed by atoms with E-state index in [0.29, 0.717) is 24.1 Å². The van der Waals surface area contributed by atoms with Gasteiger partial charge in [-0.1, -0.05) is 31.0 Å². The lowest BCUT2D eigenvalue weighted by atomic mass is 9.83. The molecule has 1 amide bonds. The second kappa shape index (κ2) is 10.8. The number of hydrogen-bond donors (Lipinski definition) is 3. The highest BCUT2D eigenvalue weighted by Crippen LogP contribution is 2.40.